The fraction of sp³-hybridized carbons (Fsp3) is 0.750. The molecule has 0 spiro atoms. The minimum absolute atomic E-state index is 0.195. The van der Waals surface area contributed by atoms with Crippen LogP contribution in [0.2, 0.25) is 0 Å². The zero-order chi connectivity index (χ0) is 27.2. The van der Waals surface area contributed by atoms with Gasteiger partial charge in [0, 0.05) is 5.56 Å². The van der Waals surface area contributed by atoms with Crippen LogP contribution in [0.1, 0.15) is 142 Å². The first-order valence-corrected chi connectivity index (χ1v) is 15.1. The lowest BCUT2D eigenvalue weighted by molar-refractivity contribution is -0.174. The summed E-state index contributed by atoms with van der Waals surface area (Å²) in [5.41, 5.74) is -1.04. The van der Waals surface area contributed by atoms with Gasteiger partial charge >= 0.3 is 11.9 Å². The van der Waals surface area contributed by atoms with E-state index >= 15 is 0 Å². The average molecular weight is 521 g/mol. The van der Waals surface area contributed by atoms with E-state index in [4.69, 9.17) is 9.47 Å². The normalized spacial score (nSPS) is 11.5. The first kappa shape index (κ1) is 33.1. The lowest BCUT2D eigenvalue weighted by Gasteiger charge is -2.27. The minimum atomic E-state index is -1.33. The monoisotopic (exact) mass is 520 g/mol. The SMILES string of the molecule is CCCCCCCCCCCCCCCCCCOC(=O)C(CC)(CC)C(=O)OCc1ccccc1F. The van der Waals surface area contributed by atoms with Crippen LogP contribution in [0.15, 0.2) is 24.3 Å². The number of rotatable bonds is 23. The van der Waals surface area contributed by atoms with Crippen LogP contribution in [0.5, 0.6) is 0 Å². The highest BCUT2D eigenvalue weighted by Crippen LogP contribution is 2.31. The van der Waals surface area contributed by atoms with Crippen LogP contribution in [0.25, 0.3) is 0 Å². The molecule has 0 aliphatic carbocycles. The predicted molar refractivity (Wildman–Crippen MR) is 150 cm³/mol. The molecule has 0 aromatic heterocycles. The first-order valence-electron chi connectivity index (χ1n) is 15.1. The third kappa shape index (κ3) is 13.4. The molecule has 0 bridgehead atoms. The lowest BCUT2D eigenvalue weighted by Crippen LogP contribution is -2.41. The molecule has 0 N–H and O–H groups in total. The van der Waals surface area contributed by atoms with Gasteiger partial charge in [0.1, 0.15) is 12.4 Å². The van der Waals surface area contributed by atoms with Crippen LogP contribution in [-0.4, -0.2) is 18.5 Å². The Kier molecular flexibility index (Phi) is 18.9. The zero-order valence-electron chi connectivity index (χ0n) is 24.0. The van der Waals surface area contributed by atoms with Crippen LogP contribution >= 0.6 is 0 Å². The average Bonchev–Trinajstić information content (AvgIpc) is 2.91. The van der Waals surface area contributed by atoms with Crippen molar-refractivity contribution >= 4 is 11.9 Å². The molecular weight excluding hydrogens is 467 g/mol. The van der Waals surface area contributed by atoms with Gasteiger partial charge in [0.15, 0.2) is 5.41 Å². The number of benzene rings is 1. The summed E-state index contributed by atoms with van der Waals surface area (Å²) in [5, 5.41) is 0. The number of carbonyl (C=O) groups excluding carboxylic acids is 2. The molecule has 4 nitrogen and oxygen atoms in total. The van der Waals surface area contributed by atoms with Crippen LogP contribution in [0, 0.1) is 11.2 Å². The fourth-order valence-corrected chi connectivity index (χ4v) is 4.76. The van der Waals surface area contributed by atoms with Crippen molar-refractivity contribution in [2.24, 2.45) is 5.41 Å². The summed E-state index contributed by atoms with van der Waals surface area (Å²) >= 11 is 0. The predicted octanol–water partition coefficient (Wildman–Crippen LogP) is 9.48. The molecule has 0 saturated carbocycles. The molecule has 1 rings (SSSR count). The quantitative estimate of drug-likeness (QED) is 0.0819. The molecule has 0 aliphatic rings. The Hall–Kier alpha value is -1.91. The van der Waals surface area contributed by atoms with Gasteiger partial charge < -0.3 is 9.47 Å². The van der Waals surface area contributed by atoms with Crippen molar-refractivity contribution in [3.63, 3.8) is 0 Å². The van der Waals surface area contributed by atoms with E-state index in [9.17, 15) is 14.0 Å². The summed E-state index contributed by atoms with van der Waals surface area (Å²) in [6.45, 7) is 5.95. The number of carbonyl (C=O) groups is 2. The van der Waals surface area contributed by atoms with E-state index in [-0.39, 0.29) is 19.4 Å². The molecule has 0 atom stereocenters. The summed E-state index contributed by atoms with van der Waals surface area (Å²) in [6, 6.07) is 6.16. The number of esters is 2. The van der Waals surface area contributed by atoms with Gasteiger partial charge in [-0.15, -0.1) is 0 Å². The second-order valence-electron chi connectivity index (χ2n) is 10.4. The summed E-state index contributed by atoms with van der Waals surface area (Å²) < 4.78 is 24.7. The number of hydrogen-bond donors (Lipinski definition) is 0. The molecule has 0 saturated heterocycles. The Bertz CT molecular complexity index is 729. The van der Waals surface area contributed by atoms with Crippen molar-refractivity contribution in [1.82, 2.24) is 0 Å². The molecule has 0 fully saturated rings. The lowest BCUT2D eigenvalue weighted by atomic mass is 9.82. The van der Waals surface area contributed by atoms with Gasteiger partial charge in [-0.1, -0.05) is 135 Å². The Morgan fingerprint density at radius 2 is 1.08 bits per heavy atom. The van der Waals surface area contributed by atoms with Gasteiger partial charge in [-0.3, -0.25) is 9.59 Å². The summed E-state index contributed by atoms with van der Waals surface area (Å²) in [4.78, 5) is 25.6. The molecule has 212 valence electrons. The second kappa shape index (κ2) is 21.1. The van der Waals surface area contributed by atoms with Crippen LogP contribution in [0.4, 0.5) is 4.39 Å². The minimum Gasteiger partial charge on any atom is -0.465 e. The van der Waals surface area contributed by atoms with E-state index < -0.39 is 23.2 Å². The smallest absolute Gasteiger partial charge is 0.323 e. The van der Waals surface area contributed by atoms with Gasteiger partial charge in [0.05, 0.1) is 6.61 Å². The Labute approximate surface area is 226 Å². The van der Waals surface area contributed by atoms with E-state index in [1.54, 1.807) is 32.0 Å². The molecule has 0 heterocycles. The van der Waals surface area contributed by atoms with Gasteiger partial charge in [-0.2, -0.15) is 0 Å². The van der Waals surface area contributed by atoms with Gasteiger partial charge in [0.2, 0.25) is 0 Å². The van der Waals surface area contributed by atoms with E-state index in [1.165, 1.54) is 89.5 Å². The third-order valence-electron chi connectivity index (χ3n) is 7.54. The summed E-state index contributed by atoms with van der Waals surface area (Å²) in [7, 11) is 0. The van der Waals surface area contributed by atoms with E-state index in [2.05, 4.69) is 6.92 Å². The third-order valence-corrected chi connectivity index (χ3v) is 7.54. The maximum absolute atomic E-state index is 13.8. The van der Waals surface area contributed by atoms with E-state index in [1.807, 2.05) is 0 Å². The zero-order valence-corrected chi connectivity index (χ0v) is 24.0. The number of ether oxygens (including phenoxy) is 2. The van der Waals surface area contributed by atoms with Crippen molar-refractivity contribution in [3.8, 4) is 0 Å². The number of hydrogen-bond acceptors (Lipinski definition) is 4. The largest absolute Gasteiger partial charge is 0.465 e. The molecule has 1 aromatic rings. The Balaban J connectivity index is 2.11. The van der Waals surface area contributed by atoms with Gasteiger partial charge in [0.25, 0.3) is 0 Å². The van der Waals surface area contributed by atoms with Gasteiger partial charge in [-0.05, 0) is 25.3 Å². The van der Waals surface area contributed by atoms with Crippen LogP contribution in [-0.2, 0) is 25.7 Å². The van der Waals surface area contributed by atoms with Crippen LogP contribution < -0.4 is 0 Å². The molecular formula is C32H53FO4. The number of unbranched alkanes of at least 4 members (excludes halogenated alkanes) is 15. The fourth-order valence-electron chi connectivity index (χ4n) is 4.76. The Morgan fingerprint density at radius 1 is 0.649 bits per heavy atom. The highest BCUT2D eigenvalue weighted by molar-refractivity contribution is 5.99. The maximum atomic E-state index is 13.8. The molecule has 1 aromatic carbocycles. The van der Waals surface area contributed by atoms with Crippen LogP contribution in [0.3, 0.4) is 0 Å². The van der Waals surface area contributed by atoms with Gasteiger partial charge in [-0.25, -0.2) is 4.39 Å². The van der Waals surface area contributed by atoms with E-state index in [0.717, 1.165) is 19.3 Å². The van der Waals surface area contributed by atoms with Crippen molar-refractivity contribution in [3.05, 3.63) is 35.6 Å². The standard InChI is InChI=1S/C32H53FO4/c1-4-7-8-9-10-11-12-13-14-15-16-17-18-19-20-23-26-36-30(34)32(5-2,6-3)31(35)37-27-28-24-21-22-25-29(28)33/h21-22,24-25H,4-20,23,26-27H2,1-3H3. The highest BCUT2D eigenvalue weighted by Gasteiger charge is 2.46. The molecule has 0 radical (unpaired) electrons. The Morgan fingerprint density at radius 3 is 1.54 bits per heavy atom. The topological polar surface area (TPSA) is 52.6 Å². The van der Waals surface area contributed by atoms with Crippen molar-refractivity contribution in [1.29, 1.82) is 0 Å². The molecule has 0 amide bonds. The van der Waals surface area contributed by atoms with Crippen molar-refractivity contribution in [2.75, 3.05) is 6.61 Å². The highest BCUT2D eigenvalue weighted by atomic mass is 19.1. The molecule has 37 heavy (non-hydrogen) atoms. The van der Waals surface area contributed by atoms with Crippen molar-refractivity contribution < 1.29 is 23.5 Å². The second-order valence-corrected chi connectivity index (χ2v) is 10.4. The molecule has 0 aliphatic heterocycles. The van der Waals surface area contributed by atoms with Crippen molar-refractivity contribution in [2.45, 2.75) is 143 Å². The molecule has 5 heteroatoms. The number of halogens is 1. The maximum Gasteiger partial charge on any atom is 0.323 e. The summed E-state index contributed by atoms with van der Waals surface area (Å²) in [6.07, 6.45) is 21.2. The first-order chi connectivity index (χ1) is 18.0. The van der Waals surface area contributed by atoms with E-state index in [0.29, 0.717) is 12.2 Å². The summed E-state index contributed by atoms with van der Waals surface area (Å²) in [5.74, 6) is -1.60. The molecule has 0 unspecified atom stereocenters.